The second kappa shape index (κ2) is 42.0. The first-order chi connectivity index (χ1) is 26.8. The lowest BCUT2D eigenvalue weighted by molar-refractivity contribution is -0.167. The summed E-state index contributed by atoms with van der Waals surface area (Å²) in [5.74, 6) is 0.801. The topological polar surface area (TPSA) is 78.9 Å². The van der Waals surface area contributed by atoms with Gasteiger partial charge in [-0.15, -0.1) is 0 Å². The van der Waals surface area contributed by atoms with E-state index in [2.05, 4.69) is 34.6 Å². The van der Waals surface area contributed by atoms with Crippen molar-refractivity contribution in [2.45, 2.75) is 272 Å². The first-order valence-electron chi connectivity index (χ1n) is 24.3. The minimum atomic E-state index is -0.761. The van der Waals surface area contributed by atoms with Gasteiger partial charge in [-0.2, -0.15) is 0 Å². The van der Waals surface area contributed by atoms with E-state index in [9.17, 15) is 14.4 Å². The lowest BCUT2D eigenvalue weighted by Gasteiger charge is -2.18. The number of hydrogen-bond acceptors (Lipinski definition) is 6. The van der Waals surface area contributed by atoms with Gasteiger partial charge in [0.2, 0.25) is 0 Å². The summed E-state index contributed by atoms with van der Waals surface area (Å²) in [6.07, 6.45) is 40.9. The van der Waals surface area contributed by atoms with Gasteiger partial charge in [0, 0.05) is 19.3 Å². The zero-order chi connectivity index (χ0) is 40.5. The molecule has 6 heteroatoms. The van der Waals surface area contributed by atoms with Gasteiger partial charge in [-0.05, 0) is 31.1 Å². The highest BCUT2D eigenvalue weighted by Crippen LogP contribution is 2.17. The Bertz CT molecular complexity index is 841. The number of esters is 3. The van der Waals surface area contributed by atoms with E-state index in [1.807, 2.05) is 0 Å². The van der Waals surface area contributed by atoms with E-state index in [4.69, 9.17) is 14.2 Å². The lowest BCUT2D eigenvalue weighted by Crippen LogP contribution is -2.30. The van der Waals surface area contributed by atoms with Crippen LogP contribution in [-0.4, -0.2) is 37.2 Å². The number of carbonyl (C=O) groups excluding carboxylic acids is 3. The molecule has 0 spiro atoms. The summed E-state index contributed by atoms with van der Waals surface area (Å²) in [6.45, 7) is 11.3. The fraction of sp³-hybridized carbons (Fsp3) is 0.939. The number of ether oxygens (including phenoxy) is 3. The van der Waals surface area contributed by atoms with Crippen molar-refractivity contribution in [2.75, 3.05) is 13.2 Å². The summed E-state index contributed by atoms with van der Waals surface area (Å²) < 4.78 is 16.7. The standard InChI is InChI=1S/C49H94O6/c1-6-8-9-10-11-12-20-23-29-34-39-47(50)53-42-46(43-54-48(51)40-35-30-26-25-28-33-38-45(5)7-2)55-49(52)41-36-31-24-21-18-16-14-13-15-17-19-22-27-32-37-44(3)4/h44-46H,6-43H2,1-5H3/t45?,46-/m1/s1. The van der Waals surface area contributed by atoms with Crippen molar-refractivity contribution >= 4 is 17.9 Å². The second-order valence-corrected chi connectivity index (χ2v) is 17.5. The molecule has 6 nitrogen and oxygen atoms in total. The molecule has 55 heavy (non-hydrogen) atoms. The maximum atomic E-state index is 12.7. The molecule has 0 aliphatic rings. The first-order valence-corrected chi connectivity index (χ1v) is 24.3. The van der Waals surface area contributed by atoms with Crippen molar-refractivity contribution in [3.63, 3.8) is 0 Å². The number of carbonyl (C=O) groups is 3. The molecule has 0 amide bonds. The third kappa shape index (κ3) is 41.9. The minimum absolute atomic E-state index is 0.0649. The van der Waals surface area contributed by atoms with Gasteiger partial charge in [-0.1, -0.05) is 227 Å². The van der Waals surface area contributed by atoms with Crippen molar-refractivity contribution < 1.29 is 28.6 Å². The Hall–Kier alpha value is -1.59. The van der Waals surface area contributed by atoms with E-state index in [0.29, 0.717) is 19.3 Å². The van der Waals surface area contributed by atoms with Gasteiger partial charge >= 0.3 is 17.9 Å². The van der Waals surface area contributed by atoms with Crippen molar-refractivity contribution in [1.29, 1.82) is 0 Å². The maximum Gasteiger partial charge on any atom is 0.306 e. The molecule has 0 aliphatic heterocycles. The molecule has 0 N–H and O–H groups in total. The van der Waals surface area contributed by atoms with Crippen LogP contribution >= 0.6 is 0 Å². The first kappa shape index (κ1) is 53.4. The van der Waals surface area contributed by atoms with Gasteiger partial charge in [0.15, 0.2) is 6.10 Å². The molecule has 326 valence electrons. The van der Waals surface area contributed by atoms with Gasteiger partial charge in [-0.25, -0.2) is 0 Å². The summed E-state index contributed by atoms with van der Waals surface area (Å²) in [5.41, 5.74) is 0. The van der Waals surface area contributed by atoms with E-state index in [-0.39, 0.29) is 31.1 Å². The molecule has 0 saturated carbocycles. The van der Waals surface area contributed by atoms with E-state index < -0.39 is 6.10 Å². The van der Waals surface area contributed by atoms with Crippen molar-refractivity contribution in [1.82, 2.24) is 0 Å². The zero-order valence-corrected chi connectivity index (χ0v) is 37.6. The second-order valence-electron chi connectivity index (χ2n) is 17.5. The molecule has 0 rings (SSSR count). The molecular formula is C49H94O6. The Labute approximate surface area is 342 Å². The van der Waals surface area contributed by atoms with Crippen LogP contribution in [0.15, 0.2) is 0 Å². The number of unbranched alkanes of at least 4 members (excludes halogenated alkanes) is 27. The smallest absolute Gasteiger partial charge is 0.306 e. The molecule has 2 atom stereocenters. The molecule has 1 unspecified atom stereocenters. The predicted octanol–water partition coefficient (Wildman–Crippen LogP) is 15.4. The van der Waals surface area contributed by atoms with Crippen LogP contribution in [-0.2, 0) is 28.6 Å². The van der Waals surface area contributed by atoms with E-state index in [0.717, 1.165) is 69.6 Å². The van der Waals surface area contributed by atoms with Gasteiger partial charge in [-0.3, -0.25) is 14.4 Å². The number of rotatable bonds is 43. The summed E-state index contributed by atoms with van der Waals surface area (Å²) >= 11 is 0. The van der Waals surface area contributed by atoms with E-state index in [1.165, 1.54) is 154 Å². The number of hydrogen-bond donors (Lipinski definition) is 0. The summed E-state index contributed by atoms with van der Waals surface area (Å²) in [7, 11) is 0. The molecule has 0 bridgehead atoms. The average molecular weight is 779 g/mol. The van der Waals surface area contributed by atoms with Crippen LogP contribution in [0.2, 0.25) is 0 Å². The van der Waals surface area contributed by atoms with Crippen molar-refractivity contribution in [3.8, 4) is 0 Å². The SMILES string of the molecule is CCCCCCCCCCCCC(=O)OC[C@H](COC(=O)CCCCCCCCC(C)CC)OC(=O)CCCCCCCCCCCCCCCCC(C)C. The Morgan fingerprint density at radius 1 is 0.382 bits per heavy atom. The average Bonchev–Trinajstić information content (AvgIpc) is 3.17. The summed E-state index contributed by atoms with van der Waals surface area (Å²) in [5, 5.41) is 0. The van der Waals surface area contributed by atoms with Crippen molar-refractivity contribution in [3.05, 3.63) is 0 Å². The molecule has 0 aromatic rings. The highest BCUT2D eigenvalue weighted by atomic mass is 16.6. The minimum Gasteiger partial charge on any atom is -0.462 e. The van der Waals surface area contributed by atoms with E-state index in [1.54, 1.807) is 0 Å². The largest absolute Gasteiger partial charge is 0.462 e. The molecule has 0 radical (unpaired) electrons. The fourth-order valence-electron chi connectivity index (χ4n) is 7.25. The summed E-state index contributed by atoms with van der Waals surface area (Å²) in [4.78, 5) is 37.7. The molecule has 0 heterocycles. The maximum absolute atomic E-state index is 12.7. The van der Waals surface area contributed by atoms with Crippen molar-refractivity contribution in [2.24, 2.45) is 11.8 Å². The molecule has 0 aromatic carbocycles. The van der Waals surface area contributed by atoms with Crippen LogP contribution in [0.3, 0.4) is 0 Å². The van der Waals surface area contributed by atoms with Crippen LogP contribution in [0.25, 0.3) is 0 Å². The van der Waals surface area contributed by atoms with Gasteiger partial charge < -0.3 is 14.2 Å². The molecule has 0 aliphatic carbocycles. The molecule has 0 aromatic heterocycles. The van der Waals surface area contributed by atoms with Gasteiger partial charge in [0.05, 0.1) is 0 Å². The monoisotopic (exact) mass is 779 g/mol. The van der Waals surface area contributed by atoms with Crippen LogP contribution < -0.4 is 0 Å². The van der Waals surface area contributed by atoms with Crippen LogP contribution in [0.4, 0.5) is 0 Å². The molecule has 0 saturated heterocycles. The van der Waals surface area contributed by atoms with Gasteiger partial charge in [0.1, 0.15) is 13.2 Å². The zero-order valence-electron chi connectivity index (χ0n) is 37.6. The Morgan fingerprint density at radius 3 is 1.04 bits per heavy atom. The third-order valence-electron chi connectivity index (χ3n) is 11.3. The van der Waals surface area contributed by atoms with E-state index >= 15 is 0 Å². The lowest BCUT2D eigenvalue weighted by atomic mass is 10.00. The quantitative estimate of drug-likeness (QED) is 0.0348. The third-order valence-corrected chi connectivity index (χ3v) is 11.3. The van der Waals surface area contributed by atoms with Crippen LogP contribution in [0, 0.1) is 11.8 Å². The Morgan fingerprint density at radius 2 is 0.691 bits per heavy atom. The molecular weight excluding hydrogens is 685 g/mol. The highest BCUT2D eigenvalue weighted by Gasteiger charge is 2.19. The highest BCUT2D eigenvalue weighted by molar-refractivity contribution is 5.71. The Balaban J connectivity index is 4.29. The van der Waals surface area contributed by atoms with Gasteiger partial charge in [0.25, 0.3) is 0 Å². The fourth-order valence-corrected chi connectivity index (χ4v) is 7.25. The van der Waals surface area contributed by atoms with Crippen LogP contribution in [0.5, 0.6) is 0 Å². The normalized spacial score (nSPS) is 12.5. The van der Waals surface area contributed by atoms with Crippen LogP contribution in [0.1, 0.15) is 266 Å². The summed E-state index contributed by atoms with van der Waals surface area (Å²) in [6, 6.07) is 0. The molecule has 0 fully saturated rings. The predicted molar refractivity (Wildman–Crippen MR) is 233 cm³/mol. The Kier molecular flexibility index (Phi) is 40.8.